The highest BCUT2D eigenvalue weighted by Gasteiger charge is 2.21. The number of aromatic amines is 1. The molecule has 0 aliphatic carbocycles. The molecule has 130 valence electrons. The highest BCUT2D eigenvalue weighted by Crippen LogP contribution is 2.37. The largest absolute Gasteiger partial charge is 0.486 e. The van der Waals surface area contributed by atoms with Gasteiger partial charge in [0, 0.05) is 6.20 Å². The Labute approximate surface area is 150 Å². The molecule has 7 heteroatoms. The van der Waals surface area contributed by atoms with Gasteiger partial charge in [-0.05, 0) is 23.6 Å². The molecular formula is C18H19ClN4O2. The van der Waals surface area contributed by atoms with Crippen molar-refractivity contribution in [2.45, 2.75) is 19.9 Å². The van der Waals surface area contributed by atoms with Crippen LogP contribution in [-0.4, -0.2) is 28.2 Å². The summed E-state index contributed by atoms with van der Waals surface area (Å²) in [5.41, 5.74) is 1.82. The molecule has 2 aromatic heterocycles. The van der Waals surface area contributed by atoms with E-state index in [0.717, 1.165) is 22.4 Å². The van der Waals surface area contributed by atoms with Gasteiger partial charge >= 0.3 is 0 Å². The van der Waals surface area contributed by atoms with Crippen LogP contribution in [0.4, 0.5) is 5.82 Å². The Morgan fingerprint density at radius 3 is 2.76 bits per heavy atom. The van der Waals surface area contributed by atoms with Gasteiger partial charge in [-0.15, -0.1) is 0 Å². The molecule has 1 aromatic carbocycles. The van der Waals surface area contributed by atoms with Crippen molar-refractivity contribution in [1.82, 2.24) is 15.0 Å². The number of H-pyrrole nitrogens is 1. The lowest BCUT2D eigenvalue weighted by Crippen LogP contribution is -2.19. The van der Waals surface area contributed by atoms with Gasteiger partial charge in [0.05, 0.1) is 16.5 Å². The van der Waals surface area contributed by atoms with Crippen LogP contribution in [0.5, 0.6) is 11.5 Å². The van der Waals surface area contributed by atoms with E-state index in [1.165, 1.54) is 6.33 Å². The predicted octanol–water partition coefficient (Wildman–Crippen LogP) is 4.19. The summed E-state index contributed by atoms with van der Waals surface area (Å²) in [5, 5.41) is 4.92. The van der Waals surface area contributed by atoms with Gasteiger partial charge < -0.3 is 19.8 Å². The maximum absolute atomic E-state index is 6.29. The molecule has 2 N–H and O–H groups in total. The van der Waals surface area contributed by atoms with Crippen molar-refractivity contribution in [2.75, 3.05) is 18.5 Å². The van der Waals surface area contributed by atoms with Crippen LogP contribution < -0.4 is 14.8 Å². The van der Waals surface area contributed by atoms with Crippen LogP contribution in [0.3, 0.4) is 0 Å². The number of ether oxygens (including phenoxy) is 2. The van der Waals surface area contributed by atoms with Gasteiger partial charge in [-0.1, -0.05) is 31.5 Å². The summed E-state index contributed by atoms with van der Waals surface area (Å²) in [4.78, 5) is 11.7. The molecular weight excluding hydrogens is 340 g/mol. The van der Waals surface area contributed by atoms with Crippen LogP contribution in [0.1, 0.15) is 25.5 Å². The van der Waals surface area contributed by atoms with Gasteiger partial charge in [0.25, 0.3) is 0 Å². The summed E-state index contributed by atoms with van der Waals surface area (Å²) in [5.74, 6) is 2.61. The Balaban J connectivity index is 1.71. The van der Waals surface area contributed by atoms with Crippen LogP contribution in [0.25, 0.3) is 11.0 Å². The lowest BCUT2D eigenvalue weighted by Gasteiger charge is -2.26. The molecule has 0 unspecified atom stereocenters. The fourth-order valence-corrected chi connectivity index (χ4v) is 3.30. The number of nitrogens with zero attached hydrogens (tertiary/aromatic N) is 2. The van der Waals surface area contributed by atoms with Crippen LogP contribution in [-0.2, 0) is 0 Å². The summed E-state index contributed by atoms with van der Waals surface area (Å²) in [6.45, 7) is 5.47. The van der Waals surface area contributed by atoms with E-state index in [4.69, 9.17) is 21.1 Å². The first-order valence-corrected chi connectivity index (χ1v) is 8.65. The van der Waals surface area contributed by atoms with Crippen molar-refractivity contribution < 1.29 is 9.47 Å². The average Bonchev–Trinajstić information content (AvgIpc) is 3.01. The first kappa shape index (κ1) is 16.0. The Morgan fingerprint density at radius 2 is 1.96 bits per heavy atom. The van der Waals surface area contributed by atoms with Gasteiger partial charge in [0.15, 0.2) is 11.5 Å². The molecule has 0 spiro atoms. The van der Waals surface area contributed by atoms with Gasteiger partial charge in [-0.25, -0.2) is 9.97 Å². The normalized spacial score (nSPS) is 14.7. The van der Waals surface area contributed by atoms with E-state index in [9.17, 15) is 0 Å². The number of rotatable bonds is 4. The Morgan fingerprint density at radius 1 is 1.16 bits per heavy atom. The second-order valence-corrected chi connectivity index (χ2v) is 6.76. The lowest BCUT2D eigenvalue weighted by molar-refractivity contribution is 0.171. The minimum absolute atomic E-state index is 0.0416. The molecule has 0 fully saturated rings. The second-order valence-electron chi connectivity index (χ2n) is 6.35. The Hall–Kier alpha value is -2.47. The number of anilines is 1. The molecule has 1 atom stereocenters. The molecule has 0 radical (unpaired) electrons. The minimum Gasteiger partial charge on any atom is -0.486 e. The van der Waals surface area contributed by atoms with E-state index in [0.29, 0.717) is 35.6 Å². The van der Waals surface area contributed by atoms with E-state index in [1.54, 1.807) is 6.20 Å². The number of aromatic nitrogens is 3. The third-order valence-corrected chi connectivity index (χ3v) is 4.60. The quantitative estimate of drug-likeness (QED) is 0.731. The van der Waals surface area contributed by atoms with E-state index in [-0.39, 0.29) is 6.04 Å². The van der Waals surface area contributed by atoms with E-state index >= 15 is 0 Å². The average molecular weight is 359 g/mol. The summed E-state index contributed by atoms with van der Waals surface area (Å²) in [6, 6.07) is 6.09. The van der Waals surface area contributed by atoms with Crippen LogP contribution >= 0.6 is 11.6 Å². The number of halogens is 1. The smallest absolute Gasteiger partial charge is 0.161 e. The third kappa shape index (κ3) is 2.98. The summed E-state index contributed by atoms with van der Waals surface area (Å²) < 4.78 is 11.3. The molecule has 25 heavy (non-hydrogen) atoms. The number of benzene rings is 1. The highest BCUT2D eigenvalue weighted by atomic mass is 35.5. The summed E-state index contributed by atoms with van der Waals surface area (Å²) in [6.07, 6.45) is 3.25. The SMILES string of the molecule is CC(C)[C@@H](Nc1ncnc2[nH]cc(Cl)c12)c1ccc2c(c1)OCCO2. The van der Waals surface area contributed by atoms with E-state index in [1.807, 2.05) is 12.1 Å². The Kier molecular flexibility index (Phi) is 4.13. The zero-order valence-electron chi connectivity index (χ0n) is 14.0. The van der Waals surface area contributed by atoms with Crippen molar-refractivity contribution in [1.29, 1.82) is 0 Å². The van der Waals surface area contributed by atoms with Gasteiger partial charge in [0.2, 0.25) is 0 Å². The molecule has 6 nitrogen and oxygen atoms in total. The molecule has 3 aromatic rings. The molecule has 0 bridgehead atoms. The zero-order chi connectivity index (χ0) is 17.4. The second kappa shape index (κ2) is 6.44. The number of nitrogens with one attached hydrogen (secondary N) is 2. The topological polar surface area (TPSA) is 72.1 Å². The Bertz CT molecular complexity index is 909. The van der Waals surface area contributed by atoms with E-state index < -0.39 is 0 Å². The maximum Gasteiger partial charge on any atom is 0.161 e. The monoisotopic (exact) mass is 358 g/mol. The van der Waals surface area contributed by atoms with Crippen molar-refractivity contribution in [3.63, 3.8) is 0 Å². The first-order chi connectivity index (χ1) is 12.1. The fraction of sp³-hybridized carbons (Fsp3) is 0.333. The predicted molar refractivity (Wildman–Crippen MR) is 97.5 cm³/mol. The number of hydrogen-bond acceptors (Lipinski definition) is 5. The van der Waals surface area contributed by atoms with E-state index in [2.05, 4.69) is 40.2 Å². The zero-order valence-corrected chi connectivity index (χ0v) is 14.8. The minimum atomic E-state index is 0.0416. The highest BCUT2D eigenvalue weighted by molar-refractivity contribution is 6.36. The van der Waals surface area contributed by atoms with Crippen molar-refractivity contribution in [3.05, 3.63) is 41.3 Å². The maximum atomic E-state index is 6.29. The molecule has 0 amide bonds. The van der Waals surface area contributed by atoms with Crippen molar-refractivity contribution >= 4 is 28.5 Å². The van der Waals surface area contributed by atoms with Gasteiger partial charge in [0.1, 0.15) is 31.0 Å². The van der Waals surface area contributed by atoms with Crippen molar-refractivity contribution in [2.24, 2.45) is 5.92 Å². The lowest BCUT2D eigenvalue weighted by atomic mass is 9.95. The molecule has 3 heterocycles. The fourth-order valence-electron chi connectivity index (χ4n) is 3.07. The van der Waals surface area contributed by atoms with Crippen LogP contribution in [0.2, 0.25) is 5.02 Å². The van der Waals surface area contributed by atoms with Crippen LogP contribution in [0.15, 0.2) is 30.7 Å². The molecule has 0 saturated carbocycles. The molecule has 4 rings (SSSR count). The van der Waals surface area contributed by atoms with Crippen molar-refractivity contribution in [3.8, 4) is 11.5 Å². The van der Waals surface area contributed by atoms with Crippen LogP contribution in [0, 0.1) is 5.92 Å². The standard InChI is InChI=1S/C18H19ClN4O2/c1-10(2)16(11-3-4-13-14(7-11)25-6-5-24-13)23-18-15-12(19)8-20-17(15)21-9-22-18/h3-4,7-10,16H,5-6H2,1-2H3,(H2,20,21,22,23)/t16-/m1/s1. The summed E-state index contributed by atoms with van der Waals surface area (Å²) >= 11 is 6.29. The molecule has 0 saturated heterocycles. The van der Waals surface area contributed by atoms with Gasteiger partial charge in [-0.3, -0.25) is 0 Å². The molecule has 1 aliphatic heterocycles. The first-order valence-electron chi connectivity index (χ1n) is 8.27. The number of fused-ring (bicyclic) bond motifs is 2. The van der Waals surface area contributed by atoms with Gasteiger partial charge in [-0.2, -0.15) is 0 Å². The molecule has 1 aliphatic rings. The summed E-state index contributed by atoms with van der Waals surface area (Å²) in [7, 11) is 0. The third-order valence-electron chi connectivity index (χ3n) is 4.31. The number of hydrogen-bond donors (Lipinski definition) is 2.